The van der Waals surface area contributed by atoms with E-state index in [9.17, 15) is 9.90 Å². The monoisotopic (exact) mass is 388 g/mol. The van der Waals surface area contributed by atoms with E-state index < -0.39 is 0 Å². The minimum atomic E-state index is -0.133. The molecule has 0 aliphatic heterocycles. The zero-order valence-corrected chi connectivity index (χ0v) is 15.8. The quantitative estimate of drug-likeness (QED) is 0.327. The van der Waals surface area contributed by atoms with E-state index in [1.54, 1.807) is 10.7 Å². The van der Waals surface area contributed by atoms with Crippen molar-refractivity contribution in [1.82, 2.24) is 9.78 Å². The maximum atomic E-state index is 11.8. The number of phenolic OH excluding ortho intramolecular Hbond substituents is 1. The van der Waals surface area contributed by atoms with Crippen LogP contribution in [-0.2, 0) is 0 Å². The summed E-state index contributed by atoms with van der Waals surface area (Å²) in [5.41, 5.74) is 1.37. The number of aromatic hydroxyl groups is 1. The van der Waals surface area contributed by atoms with Crippen LogP contribution in [-0.4, -0.2) is 26.9 Å². The number of ketones is 1. The molecule has 138 valence electrons. The van der Waals surface area contributed by atoms with Crippen molar-refractivity contribution >= 4 is 34.1 Å². The van der Waals surface area contributed by atoms with Crippen LogP contribution in [0.15, 0.2) is 76.9 Å². The molecule has 4 aromatic rings. The number of para-hydroxylation sites is 1. The molecule has 1 N–H and O–H groups in total. The normalized spacial score (nSPS) is 12.1. The molecule has 0 aliphatic carbocycles. The van der Waals surface area contributed by atoms with Crippen molar-refractivity contribution in [2.75, 3.05) is 0 Å². The Kier molecular flexibility index (Phi) is 4.82. The average Bonchev–Trinajstić information content (AvgIpc) is 3.15. The van der Waals surface area contributed by atoms with Gasteiger partial charge >= 0.3 is 0 Å². The van der Waals surface area contributed by atoms with Gasteiger partial charge in [-0.1, -0.05) is 59.9 Å². The molecular weight excluding hydrogens is 372 g/mol. The van der Waals surface area contributed by atoms with Crippen LogP contribution >= 0.6 is 11.3 Å². The Morgan fingerprint density at radius 1 is 1.07 bits per heavy atom. The first-order valence-electron chi connectivity index (χ1n) is 8.58. The van der Waals surface area contributed by atoms with Crippen LogP contribution in [0, 0.1) is 0 Å². The molecule has 0 spiro atoms. The molecule has 28 heavy (non-hydrogen) atoms. The molecule has 0 saturated carbocycles. The van der Waals surface area contributed by atoms with Crippen molar-refractivity contribution < 1.29 is 9.90 Å². The standard InChI is InChI=1S/C21H16N4O2S/c1-14(26)20-24-25(16-8-3-2-4-9-16)21(28-20)23-22-13-18-17-10-6-5-7-15(17)11-12-19(18)27/h2-13,27H,1H3/b22-13-,23-21-. The Hall–Kier alpha value is -3.58. The fourth-order valence-corrected chi connectivity index (χ4v) is 3.54. The number of hydrogen-bond acceptors (Lipinski definition) is 6. The smallest absolute Gasteiger partial charge is 0.233 e. The summed E-state index contributed by atoms with van der Waals surface area (Å²) in [5, 5.41) is 25.2. The molecule has 0 fully saturated rings. The van der Waals surface area contributed by atoms with Gasteiger partial charge in [-0.3, -0.25) is 4.79 Å². The second-order valence-corrected chi connectivity index (χ2v) is 7.01. The lowest BCUT2D eigenvalue weighted by atomic mass is 10.0. The van der Waals surface area contributed by atoms with Crippen LogP contribution < -0.4 is 4.80 Å². The van der Waals surface area contributed by atoms with Crippen LogP contribution in [0.2, 0.25) is 0 Å². The van der Waals surface area contributed by atoms with E-state index in [1.165, 1.54) is 13.1 Å². The van der Waals surface area contributed by atoms with Crippen LogP contribution in [0.5, 0.6) is 5.75 Å². The third-order valence-corrected chi connectivity index (χ3v) is 5.14. The SMILES string of the molecule is CC(=O)c1nn(-c2ccccc2)/c(=N/N=C\c2c(O)ccc3ccccc23)s1. The van der Waals surface area contributed by atoms with Crippen LogP contribution in [0.25, 0.3) is 16.5 Å². The molecule has 0 saturated heterocycles. The summed E-state index contributed by atoms with van der Waals surface area (Å²) in [6.07, 6.45) is 1.51. The number of Topliss-reactive ketones (excluding diaryl/α,β-unsaturated/α-hetero) is 1. The molecule has 0 bridgehead atoms. The van der Waals surface area contributed by atoms with Gasteiger partial charge in [0.15, 0.2) is 10.8 Å². The summed E-state index contributed by atoms with van der Waals surface area (Å²) in [7, 11) is 0. The van der Waals surface area contributed by atoms with Gasteiger partial charge in [0.25, 0.3) is 0 Å². The van der Waals surface area contributed by atoms with Gasteiger partial charge < -0.3 is 5.11 Å². The number of rotatable bonds is 4. The maximum absolute atomic E-state index is 11.8. The lowest BCUT2D eigenvalue weighted by Crippen LogP contribution is -2.13. The van der Waals surface area contributed by atoms with Crippen molar-refractivity contribution in [3.8, 4) is 11.4 Å². The highest BCUT2D eigenvalue weighted by atomic mass is 32.1. The Labute approximate surface area is 164 Å². The Morgan fingerprint density at radius 2 is 1.82 bits per heavy atom. The molecule has 0 amide bonds. The minimum absolute atomic E-state index is 0.127. The predicted octanol–water partition coefficient (Wildman–Crippen LogP) is 3.93. The van der Waals surface area contributed by atoms with Gasteiger partial charge in [0, 0.05) is 12.5 Å². The Balaban J connectivity index is 1.81. The number of hydrogen-bond donors (Lipinski definition) is 1. The molecule has 0 radical (unpaired) electrons. The number of carbonyl (C=O) groups excluding carboxylic acids is 1. The van der Waals surface area contributed by atoms with Gasteiger partial charge in [-0.2, -0.15) is 10.2 Å². The first kappa shape index (κ1) is 17.8. The molecule has 1 heterocycles. The predicted molar refractivity (Wildman–Crippen MR) is 110 cm³/mol. The fourth-order valence-electron chi connectivity index (χ4n) is 2.78. The number of benzene rings is 3. The van der Waals surface area contributed by atoms with E-state index in [0.717, 1.165) is 27.8 Å². The lowest BCUT2D eigenvalue weighted by Gasteiger charge is -2.03. The van der Waals surface area contributed by atoms with E-state index >= 15 is 0 Å². The van der Waals surface area contributed by atoms with Gasteiger partial charge in [0.1, 0.15) is 5.75 Å². The molecule has 0 atom stereocenters. The van der Waals surface area contributed by atoms with Crippen LogP contribution in [0.1, 0.15) is 22.3 Å². The van der Waals surface area contributed by atoms with Crippen LogP contribution in [0.4, 0.5) is 0 Å². The molecule has 4 rings (SSSR count). The van der Waals surface area contributed by atoms with Gasteiger partial charge in [0.05, 0.1) is 11.9 Å². The molecule has 0 aliphatic rings. The second kappa shape index (κ2) is 7.58. The molecular formula is C21H16N4O2S. The molecule has 6 nitrogen and oxygen atoms in total. The number of carbonyl (C=O) groups is 1. The molecule has 3 aromatic carbocycles. The third kappa shape index (κ3) is 3.47. The van der Waals surface area contributed by atoms with Crippen LogP contribution in [0.3, 0.4) is 0 Å². The molecule has 1 aromatic heterocycles. The summed E-state index contributed by atoms with van der Waals surface area (Å²) in [4.78, 5) is 12.2. The minimum Gasteiger partial charge on any atom is -0.507 e. The van der Waals surface area contributed by atoms with Crippen molar-refractivity contribution in [2.24, 2.45) is 10.2 Å². The van der Waals surface area contributed by atoms with E-state index in [0.29, 0.717) is 15.4 Å². The molecule has 0 unspecified atom stereocenters. The highest BCUT2D eigenvalue weighted by molar-refractivity contribution is 7.10. The van der Waals surface area contributed by atoms with E-state index in [1.807, 2.05) is 60.7 Å². The van der Waals surface area contributed by atoms with Gasteiger partial charge in [0.2, 0.25) is 4.80 Å². The lowest BCUT2D eigenvalue weighted by molar-refractivity contribution is 0.101. The number of aromatic nitrogens is 2. The summed E-state index contributed by atoms with van der Waals surface area (Å²) in [5.74, 6) is -0.00544. The first-order chi connectivity index (χ1) is 13.6. The van der Waals surface area contributed by atoms with Crippen molar-refractivity contribution in [3.63, 3.8) is 0 Å². The van der Waals surface area contributed by atoms with Crippen molar-refractivity contribution in [2.45, 2.75) is 6.92 Å². The highest BCUT2D eigenvalue weighted by Gasteiger charge is 2.10. The average molecular weight is 388 g/mol. The van der Waals surface area contributed by atoms with E-state index in [4.69, 9.17) is 0 Å². The Morgan fingerprint density at radius 3 is 2.61 bits per heavy atom. The zero-order chi connectivity index (χ0) is 19.5. The number of phenols is 1. The molecule has 7 heteroatoms. The Bertz CT molecular complexity index is 1260. The fraction of sp³-hybridized carbons (Fsp3) is 0.0476. The summed E-state index contributed by atoms with van der Waals surface area (Å²) in [6, 6.07) is 20.6. The number of fused-ring (bicyclic) bond motifs is 1. The summed E-state index contributed by atoms with van der Waals surface area (Å²) >= 11 is 1.16. The number of nitrogens with zero attached hydrogens (tertiary/aromatic N) is 4. The first-order valence-corrected chi connectivity index (χ1v) is 9.39. The van der Waals surface area contributed by atoms with Crippen molar-refractivity contribution in [3.05, 3.63) is 82.1 Å². The second-order valence-electron chi connectivity index (χ2n) is 6.06. The zero-order valence-electron chi connectivity index (χ0n) is 15.0. The summed E-state index contributed by atoms with van der Waals surface area (Å²) in [6.45, 7) is 1.47. The maximum Gasteiger partial charge on any atom is 0.233 e. The highest BCUT2D eigenvalue weighted by Crippen LogP contribution is 2.25. The van der Waals surface area contributed by atoms with Gasteiger partial charge in [-0.15, -0.1) is 5.10 Å². The van der Waals surface area contributed by atoms with Gasteiger partial charge in [-0.05, 0) is 29.0 Å². The summed E-state index contributed by atoms with van der Waals surface area (Å²) < 4.78 is 1.59. The van der Waals surface area contributed by atoms with Gasteiger partial charge in [-0.25, -0.2) is 4.68 Å². The third-order valence-electron chi connectivity index (χ3n) is 4.14. The topological polar surface area (TPSA) is 79.8 Å². The van der Waals surface area contributed by atoms with E-state index in [-0.39, 0.29) is 11.5 Å². The van der Waals surface area contributed by atoms with Crippen molar-refractivity contribution in [1.29, 1.82) is 0 Å². The van der Waals surface area contributed by atoms with E-state index in [2.05, 4.69) is 15.3 Å². The largest absolute Gasteiger partial charge is 0.507 e.